The third-order valence-corrected chi connectivity index (χ3v) is 3.29. The minimum Gasteiger partial charge on any atom is -0.467 e. The Morgan fingerprint density at radius 1 is 1.09 bits per heavy atom. The quantitative estimate of drug-likeness (QED) is 0.860. The van der Waals surface area contributed by atoms with E-state index in [9.17, 15) is 9.59 Å². The highest BCUT2D eigenvalue weighted by Crippen LogP contribution is 2.06. The van der Waals surface area contributed by atoms with E-state index in [4.69, 9.17) is 4.42 Å². The second kappa shape index (κ2) is 7.45. The molecular formula is C17H20N2O3. The summed E-state index contributed by atoms with van der Waals surface area (Å²) in [4.78, 5) is 24.5. The Bertz CT molecular complexity index is 606. The van der Waals surface area contributed by atoms with Crippen molar-refractivity contribution in [2.75, 3.05) is 0 Å². The molecule has 0 fully saturated rings. The third-order valence-electron chi connectivity index (χ3n) is 3.29. The maximum absolute atomic E-state index is 12.3. The molecule has 1 aromatic carbocycles. The largest absolute Gasteiger partial charge is 0.467 e. The van der Waals surface area contributed by atoms with Crippen LogP contribution in [0.5, 0.6) is 0 Å². The van der Waals surface area contributed by atoms with Crippen molar-refractivity contribution in [2.45, 2.75) is 26.4 Å². The molecule has 0 aliphatic carbocycles. The van der Waals surface area contributed by atoms with Crippen molar-refractivity contribution in [1.29, 1.82) is 0 Å². The first-order valence-electron chi connectivity index (χ1n) is 7.24. The summed E-state index contributed by atoms with van der Waals surface area (Å²) in [5.41, 5.74) is 0.534. The molecule has 0 radical (unpaired) electrons. The second-order valence-corrected chi connectivity index (χ2v) is 5.36. The fraction of sp³-hybridized carbons (Fsp3) is 0.294. The van der Waals surface area contributed by atoms with Crippen LogP contribution in [0.1, 0.15) is 30.0 Å². The lowest BCUT2D eigenvalue weighted by Crippen LogP contribution is -2.49. The van der Waals surface area contributed by atoms with E-state index >= 15 is 0 Å². The van der Waals surface area contributed by atoms with E-state index in [-0.39, 0.29) is 17.7 Å². The van der Waals surface area contributed by atoms with Gasteiger partial charge in [0.25, 0.3) is 5.91 Å². The molecule has 2 aromatic rings. The van der Waals surface area contributed by atoms with Gasteiger partial charge < -0.3 is 15.1 Å². The normalized spacial score (nSPS) is 12.0. The molecule has 22 heavy (non-hydrogen) atoms. The van der Waals surface area contributed by atoms with Crippen molar-refractivity contribution >= 4 is 11.8 Å². The summed E-state index contributed by atoms with van der Waals surface area (Å²) in [5, 5.41) is 5.56. The lowest BCUT2D eigenvalue weighted by atomic mass is 10.0. The highest BCUT2D eigenvalue weighted by Gasteiger charge is 2.24. The zero-order valence-corrected chi connectivity index (χ0v) is 12.7. The predicted molar refractivity (Wildman–Crippen MR) is 83.1 cm³/mol. The molecule has 0 aliphatic rings. The number of hydrogen-bond acceptors (Lipinski definition) is 3. The van der Waals surface area contributed by atoms with Gasteiger partial charge in [-0.3, -0.25) is 9.59 Å². The van der Waals surface area contributed by atoms with Gasteiger partial charge in [-0.05, 0) is 30.2 Å². The molecule has 116 valence electrons. The van der Waals surface area contributed by atoms with Crippen molar-refractivity contribution in [1.82, 2.24) is 10.6 Å². The van der Waals surface area contributed by atoms with Crippen LogP contribution in [0, 0.1) is 5.92 Å². The highest BCUT2D eigenvalue weighted by atomic mass is 16.3. The standard InChI is InChI=1S/C17H20N2O3/c1-12(2)15(17(21)18-11-14-9-6-10-22-14)19-16(20)13-7-4-3-5-8-13/h3-10,12,15H,11H2,1-2H3,(H,18,21)(H,19,20)/t15-/m1/s1. The molecule has 1 aromatic heterocycles. The van der Waals surface area contributed by atoms with Crippen LogP contribution in [-0.4, -0.2) is 17.9 Å². The molecule has 0 unspecified atom stereocenters. The van der Waals surface area contributed by atoms with E-state index in [1.165, 1.54) is 0 Å². The number of carbonyl (C=O) groups excluding carboxylic acids is 2. The smallest absolute Gasteiger partial charge is 0.251 e. The second-order valence-electron chi connectivity index (χ2n) is 5.36. The van der Waals surface area contributed by atoms with E-state index in [0.717, 1.165) is 0 Å². The average Bonchev–Trinajstić information content (AvgIpc) is 3.04. The molecule has 1 heterocycles. The number of amides is 2. The summed E-state index contributed by atoms with van der Waals surface area (Å²) in [6.45, 7) is 4.08. The summed E-state index contributed by atoms with van der Waals surface area (Å²) < 4.78 is 5.17. The highest BCUT2D eigenvalue weighted by molar-refractivity contribution is 5.97. The van der Waals surface area contributed by atoms with Crippen LogP contribution in [0.15, 0.2) is 53.1 Å². The lowest BCUT2D eigenvalue weighted by Gasteiger charge is -2.21. The van der Waals surface area contributed by atoms with Crippen LogP contribution < -0.4 is 10.6 Å². The zero-order valence-electron chi connectivity index (χ0n) is 12.7. The summed E-state index contributed by atoms with van der Waals surface area (Å²) in [6.07, 6.45) is 1.55. The monoisotopic (exact) mass is 300 g/mol. The van der Waals surface area contributed by atoms with Crippen LogP contribution in [0.2, 0.25) is 0 Å². The van der Waals surface area contributed by atoms with E-state index < -0.39 is 6.04 Å². The third kappa shape index (κ3) is 4.22. The van der Waals surface area contributed by atoms with Gasteiger partial charge in [-0.25, -0.2) is 0 Å². The zero-order chi connectivity index (χ0) is 15.9. The minimum atomic E-state index is -0.595. The average molecular weight is 300 g/mol. The van der Waals surface area contributed by atoms with Crippen LogP contribution in [0.25, 0.3) is 0 Å². The first kappa shape index (κ1) is 15.8. The van der Waals surface area contributed by atoms with Crippen LogP contribution in [0.3, 0.4) is 0 Å². The molecule has 2 rings (SSSR count). The summed E-state index contributed by atoms with van der Waals surface area (Å²) >= 11 is 0. The van der Waals surface area contributed by atoms with E-state index in [0.29, 0.717) is 17.9 Å². The molecule has 2 N–H and O–H groups in total. The van der Waals surface area contributed by atoms with Crippen molar-refractivity contribution in [2.24, 2.45) is 5.92 Å². The van der Waals surface area contributed by atoms with Gasteiger partial charge >= 0.3 is 0 Å². The molecule has 0 spiro atoms. The van der Waals surface area contributed by atoms with Gasteiger partial charge in [0.1, 0.15) is 11.8 Å². The van der Waals surface area contributed by atoms with Crippen molar-refractivity contribution in [3.63, 3.8) is 0 Å². The fourth-order valence-electron chi connectivity index (χ4n) is 2.05. The number of rotatable bonds is 6. The number of carbonyl (C=O) groups is 2. The van der Waals surface area contributed by atoms with Crippen molar-refractivity contribution in [3.05, 3.63) is 60.1 Å². The van der Waals surface area contributed by atoms with Crippen molar-refractivity contribution < 1.29 is 14.0 Å². The summed E-state index contributed by atoms with van der Waals surface area (Å²) in [7, 11) is 0. The Morgan fingerprint density at radius 3 is 2.41 bits per heavy atom. The number of benzene rings is 1. The molecule has 2 amide bonds. The molecule has 0 aliphatic heterocycles. The van der Waals surface area contributed by atoms with E-state index in [1.54, 1.807) is 42.7 Å². The Kier molecular flexibility index (Phi) is 5.36. The Labute approximate surface area is 129 Å². The SMILES string of the molecule is CC(C)[C@@H](NC(=O)c1ccccc1)C(=O)NCc1ccco1. The van der Waals surface area contributed by atoms with Gasteiger partial charge in [-0.2, -0.15) is 0 Å². The number of furan rings is 1. The predicted octanol–water partition coefficient (Wildman–Crippen LogP) is 2.35. The summed E-state index contributed by atoms with van der Waals surface area (Å²) in [6, 6.07) is 11.8. The molecule has 1 atom stereocenters. The van der Waals surface area contributed by atoms with Gasteiger partial charge in [0.05, 0.1) is 12.8 Å². The molecular weight excluding hydrogens is 280 g/mol. The molecule has 0 bridgehead atoms. The van der Waals surface area contributed by atoms with Gasteiger partial charge in [0.15, 0.2) is 0 Å². The molecule has 0 saturated carbocycles. The molecule has 5 heteroatoms. The van der Waals surface area contributed by atoms with E-state index in [2.05, 4.69) is 10.6 Å². The fourth-order valence-corrected chi connectivity index (χ4v) is 2.05. The summed E-state index contributed by atoms with van der Waals surface area (Å²) in [5.74, 6) is 0.164. The van der Waals surface area contributed by atoms with Gasteiger partial charge in [-0.1, -0.05) is 32.0 Å². The van der Waals surface area contributed by atoms with Crippen LogP contribution in [-0.2, 0) is 11.3 Å². The maximum Gasteiger partial charge on any atom is 0.251 e. The maximum atomic E-state index is 12.3. The van der Waals surface area contributed by atoms with Gasteiger partial charge in [0.2, 0.25) is 5.91 Å². The van der Waals surface area contributed by atoms with Gasteiger partial charge in [0, 0.05) is 5.56 Å². The Morgan fingerprint density at radius 2 is 1.82 bits per heavy atom. The first-order chi connectivity index (χ1) is 10.6. The van der Waals surface area contributed by atoms with Crippen LogP contribution >= 0.6 is 0 Å². The van der Waals surface area contributed by atoms with Gasteiger partial charge in [-0.15, -0.1) is 0 Å². The number of hydrogen-bond donors (Lipinski definition) is 2. The van der Waals surface area contributed by atoms with Crippen LogP contribution in [0.4, 0.5) is 0 Å². The number of nitrogens with one attached hydrogen (secondary N) is 2. The van der Waals surface area contributed by atoms with E-state index in [1.807, 2.05) is 19.9 Å². The minimum absolute atomic E-state index is 0.0238. The molecule has 0 saturated heterocycles. The first-order valence-corrected chi connectivity index (χ1v) is 7.24. The lowest BCUT2D eigenvalue weighted by molar-refractivity contribution is -0.124. The molecule has 5 nitrogen and oxygen atoms in total. The topological polar surface area (TPSA) is 71.3 Å². The Balaban J connectivity index is 1.97. The van der Waals surface area contributed by atoms with Crippen molar-refractivity contribution in [3.8, 4) is 0 Å². The Hall–Kier alpha value is -2.56.